The van der Waals surface area contributed by atoms with Gasteiger partial charge in [-0.1, -0.05) is 32.0 Å². The molecule has 0 amide bonds. The van der Waals surface area contributed by atoms with Crippen molar-refractivity contribution in [3.05, 3.63) is 35.6 Å². The predicted molar refractivity (Wildman–Crippen MR) is 63.0 cm³/mol. The van der Waals surface area contributed by atoms with Crippen LogP contribution in [0.3, 0.4) is 0 Å². The quantitative estimate of drug-likeness (QED) is 0.711. The standard InChI is InChI=1S/C11H11NO.C2H6/c1-2-4-10-8(3-1)9-7-12-6-5-11(9)13-10;1-2/h1-4,12H,5-7H2;1-2H3. The molecule has 80 valence electrons. The molecule has 0 saturated carbocycles. The van der Waals surface area contributed by atoms with Crippen molar-refractivity contribution in [1.82, 2.24) is 5.32 Å². The first-order valence-electron chi connectivity index (χ1n) is 5.65. The Morgan fingerprint density at radius 1 is 1.20 bits per heavy atom. The van der Waals surface area contributed by atoms with Gasteiger partial charge in [-0.3, -0.25) is 0 Å². The lowest BCUT2D eigenvalue weighted by Gasteiger charge is -2.10. The molecule has 3 rings (SSSR count). The molecule has 0 atom stereocenters. The number of fused-ring (bicyclic) bond motifs is 3. The molecule has 0 aliphatic carbocycles. The molecule has 0 bridgehead atoms. The molecule has 2 heterocycles. The van der Waals surface area contributed by atoms with Crippen molar-refractivity contribution in [1.29, 1.82) is 0 Å². The van der Waals surface area contributed by atoms with Crippen LogP contribution < -0.4 is 5.32 Å². The highest BCUT2D eigenvalue weighted by molar-refractivity contribution is 5.82. The molecule has 0 radical (unpaired) electrons. The van der Waals surface area contributed by atoms with Gasteiger partial charge in [-0.2, -0.15) is 0 Å². The molecule has 0 unspecified atom stereocenters. The highest BCUT2D eigenvalue weighted by atomic mass is 16.3. The van der Waals surface area contributed by atoms with Crippen LogP contribution in [0.1, 0.15) is 25.2 Å². The monoisotopic (exact) mass is 203 g/mol. The van der Waals surface area contributed by atoms with Crippen LogP contribution in [0.15, 0.2) is 28.7 Å². The lowest BCUT2D eigenvalue weighted by molar-refractivity contribution is 0.500. The lowest BCUT2D eigenvalue weighted by Crippen LogP contribution is -2.22. The molecule has 1 aliphatic rings. The summed E-state index contributed by atoms with van der Waals surface area (Å²) in [4.78, 5) is 0. The zero-order valence-electron chi connectivity index (χ0n) is 9.34. The van der Waals surface area contributed by atoms with E-state index in [9.17, 15) is 0 Å². The van der Waals surface area contributed by atoms with E-state index >= 15 is 0 Å². The fourth-order valence-electron chi connectivity index (χ4n) is 1.96. The van der Waals surface area contributed by atoms with Crippen LogP contribution in [0.5, 0.6) is 0 Å². The maximum atomic E-state index is 5.75. The summed E-state index contributed by atoms with van der Waals surface area (Å²) >= 11 is 0. The van der Waals surface area contributed by atoms with Gasteiger partial charge in [-0.15, -0.1) is 0 Å². The summed E-state index contributed by atoms with van der Waals surface area (Å²) in [5.41, 5.74) is 2.37. The first-order chi connectivity index (χ1) is 7.45. The Kier molecular flexibility index (Phi) is 3.07. The third-order valence-corrected chi connectivity index (χ3v) is 2.61. The number of nitrogens with one attached hydrogen (secondary N) is 1. The third-order valence-electron chi connectivity index (χ3n) is 2.61. The second-order valence-corrected chi connectivity index (χ2v) is 3.43. The second kappa shape index (κ2) is 4.49. The van der Waals surface area contributed by atoms with Gasteiger partial charge in [0.2, 0.25) is 0 Å². The molecule has 0 saturated heterocycles. The smallest absolute Gasteiger partial charge is 0.134 e. The van der Waals surface area contributed by atoms with Crippen LogP contribution in [0, 0.1) is 0 Å². The van der Waals surface area contributed by atoms with E-state index in [-0.39, 0.29) is 0 Å². The van der Waals surface area contributed by atoms with E-state index in [4.69, 9.17) is 4.42 Å². The summed E-state index contributed by atoms with van der Waals surface area (Å²) in [6.07, 6.45) is 1.02. The van der Waals surface area contributed by atoms with Crippen LogP contribution in [-0.2, 0) is 13.0 Å². The van der Waals surface area contributed by atoms with Crippen molar-refractivity contribution < 1.29 is 4.42 Å². The first kappa shape index (κ1) is 10.2. The number of para-hydroxylation sites is 1. The van der Waals surface area contributed by atoms with Gasteiger partial charge in [0.15, 0.2) is 0 Å². The molecule has 15 heavy (non-hydrogen) atoms. The molecule has 1 aromatic heterocycles. The van der Waals surface area contributed by atoms with E-state index in [1.54, 1.807) is 0 Å². The molecule has 0 fully saturated rings. The normalized spacial score (nSPS) is 14.3. The van der Waals surface area contributed by atoms with E-state index in [1.165, 1.54) is 16.7 Å². The minimum Gasteiger partial charge on any atom is -0.461 e. The Morgan fingerprint density at radius 3 is 2.87 bits per heavy atom. The highest BCUT2D eigenvalue weighted by Gasteiger charge is 2.16. The minimum atomic E-state index is 0.951. The number of rotatable bonds is 0. The zero-order chi connectivity index (χ0) is 10.7. The molecule has 2 heteroatoms. The van der Waals surface area contributed by atoms with Crippen LogP contribution in [0.2, 0.25) is 0 Å². The molecular formula is C13H17NO. The predicted octanol–water partition coefficient (Wildman–Crippen LogP) is 3.10. The Bertz CT molecular complexity index is 445. The minimum absolute atomic E-state index is 0.951. The Morgan fingerprint density at radius 2 is 2.00 bits per heavy atom. The second-order valence-electron chi connectivity index (χ2n) is 3.43. The lowest BCUT2D eigenvalue weighted by atomic mass is 10.1. The van der Waals surface area contributed by atoms with Gasteiger partial charge in [0.1, 0.15) is 11.3 Å². The maximum Gasteiger partial charge on any atom is 0.134 e. The number of hydrogen-bond acceptors (Lipinski definition) is 2. The molecule has 1 aromatic carbocycles. The average Bonchev–Trinajstić information content (AvgIpc) is 2.70. The summed E-state index contributed by atoms with van der Waals surface area (Å²) in [5, 5.41) is 4.63. The molecule has 1 aliphatic heterocycles. The fraction of sp³-hybridized carbons (Fsp3) is 0.385. The van der Waals surface area contributed by atoms with Crippen molar-refractivity contribution in [2.75, 3.05) is 6.54 Å². The van der Waals surface area contributed by atoms with Gasteiger partial charge in [-0.05, 0) is 6.07 Å². The summed E-state index contributed by atoms with van der Waals surface area (Å²) < 4.78 is 5.75. The summed E-state index contributed by atoms with van der Waals surface area (Å²) in [6.45, 7) is 5.99. The maximum absolute atomic E-state index is 5.75. The summed E-state index contributed by atoms with van der Waals surface area (Å²) in [7, 11) is 0. The number of benzene rings is 1. The van der Waals surface area contributed by atoms with Crippen LogP contribution >= 0.6 is 0 Å². The van der Waals surface area contributed by atoms with Gasteiger partial charge < -0.3 is 9.73 Å². The van der Waals surface area contributed by atoms with Crippen LogP contribution in [-0.4, -0.2) is 6.54 Å². The fourth-order valence-corrected chi connectivity index (χ4v) is 1.96. The molecule has 2 nitrogen and oxygen atoms in total. The first-order valence-corrected chi connectivity index (χ1v) is 5.65. The molecule has 0 spiro atoms. The molecular weight excluding hydrogens is 186 g/mol. The SMILES string of the molecule is CC.c1ccc2c3c(oc2c1)CCNC3. The van der Waals surface area contributed by atoms with E-state index in [2.05, 4.69) is 17.4 Å². The number of hydrogen-bond donors (Lipinski definition) is 1. The van der Waals surface area contributed by atoms with Gasteiger partial charge in [0, 0.05) is 30.5 Å². The molecule has 2 aromatic rings. The van der Waals surface area contributed by atoms with Crippen molar-refractivity contribution >= 4 is 11.0 Å². The van der Waals surface area contributed by atoms with E-state index in [1.807, 2.05) is 26.0 Å². The van der Waals surface area contributed by atoms with Gasteiger partial charge in [0.25, 0.3) is 0 Å². The van der Waals surface area contributed by atoms with Crippen molar-refractivity contribution in [3.63, 3.8) is 0 Å². The van der Waals surface area contributed by atoms with Crippen LogP contribution in [0.4, 0.5) is 0 Å². The Hall–Kier alpha value is -1.28. The van der Waals surface area contributed by atoms with Crippen LogP contribution in [0.25, 0.3) is 11.0 Å². The van der Waals surface area contributed by atoms with E-state index in [0.29, 0.717) is 0 Å². The van der Waals surface area contributed by atoms with Gasteiger partial charge in [0.05, 0.1) is 0 Å². The van der Waals surface area contributed by atoms with Gasteiger partial charge in [-0.25, -0.2) is 0 Å². The summed E-state index contributed by atoms with van der Waals surface area (Å²) in [6, 6.07) is 8.25. The topological polar surface area (TPSA) is 25.2 Å². The average molecular weight is 203 g/mol. The highest BCUT2D eigenvalue weighted by Crippen LogP contribution is 2.27. The summed E-state index contributed by atoms with van der Waals surface area (Å²) in [5.74, 6) is 1.17. The van der Waals surface area contributed by atoms with Crippen molar-refractivity contribution in [3.8, 4) is 0 Å². The largest absolute Gasteiger partial charge is 0.461 e. The molecule has 1 N–H and O–H groups in total. The van der Waals surface area contributed by atoms with Crippen molar-refractivity contribution in [2.24, 2.45) is 0 Å². The Labute approximate surface area is 90.3 Å². The number of furan rings is 1. The Balaban J connectivity index is 0.000000404. The third kappa shape index (κ3) is 1.77. The van der Waals surface area contributed by atoms with E-state index < -0.39 is 0 Å². The van der Waals surface area contributed by atoms with Gasteiger partial charge >= 0.3 is 0 Å². The van der Waals surface area contributed by atoms with Crippen molar-refractivity contribution in [2.45, 2.75) is 26.8 Å². The van der Waals surface area contributed by atoms with E-state index in [0.717, 1.165) is 25.1 Å². The zero-order valence-corrected chi connectivity index (χ0v) is 9.34.